The van der Waals surface area contributed by atoms with Crippen molar-refractivity contribution in [3.8, 4) is 0 Å². The zero-order valence-electron chi connectivity index (χ0n) is 16.9. The van der Waals surface area contributed by atoms with Gasteiger partial charge >= 0.3 is 0 Å². The Balaban J connectivity index is 1.34. The molecule has 4 rings (SSSR count). The highest BCUT2D eigenvalue weighted by Crippen LogP contribution is 2.32. The minimum absolute atomic E-state index is 0.161. The van der Waals surface area contributed by atoms with Gasteiger partial charge in [0.2, 0.25) is 0 Å². The van der Waals surface area contributed by atoms with E-state index < -0.39 is 24.5 Å². The van der Waals surface area contributed by atoms with Crippen molar-refractivity contribution in [2.24, 2.45) is 0 Å². The average molecular weight is 414 g/mol. The zero-order chi connectivity index (χ0) is 21.3. The molecule has 30 heavy (non-hydrogen) atoms. The zero-order valence-corrected chi connectivity index (χ0v) is 16.9. The van der Waals surface area contributed by atoms with Crippen LogP contribution in [-0.4, -0.2) is 75.4 Å². The number of nitrogens with two attached hydrogens (primary N) is 1. The molecule has 1 aliphatic rings. The van der Waals surface area contributed by atoms with Crippen molar-refractivity contribution >= 4 is 22.7 Å². The Hall–Kier alpha value is -2.79. The van der Waals surface area contributed by atoms with Gasteiger partial charge in [-0.2, -0.15) is 0 Å². The Kier molecular flexibility index (Phi) is 5.82. The predicted molar refractivity (Wildman–Crippen MR) is 111 cm³/mol. The van der Waals surface area contributed by atoms with Crippen molar-refractivity contribution in [3.05, 3.63) is 42.5 Å². The van der Waals surface area contributed by atoms with E-state index in [4.69, 9.17) is 15.2 Å². The van der Waals surface area contributed by atoms with Crippen LogP contribution in [0.5, 0.6) is 0 Å². The number of imidazole rings is 1. The molecule has 1 saturated heterocycles. The highest BCUT2D eigenvalue weighted by molar-refractivity contribution is 5.81. The number of hydrogen-bond acceptors (Lipinski definition) is 9. The maximum Gasteiger partial charge on any atom is 0.167 e. The number of rotatable bonds is 7. The van der Waals surface area contributed by atoms with Crippen LogP contribution in [0.15, 0.2) is 36.9 Å². The van der Waals surface area contributed by atoms with Gasteiger partial charge in [-0.1, -0.05) is 12.1 Å². The third-order valence-electron chi connectivity index (χ3n) is 5.27. The first-order chi connectivity index (χ1) is 14.5. The quantitative estimate of drug-likeness (QED) is 0.469. The number of nitrogen functional groups attached to an aromatic ring is 1. The van der Waals surface area contributed by atoms with E-state index in [1.165, 1.54) is 12.7 Å². The van der Waals surface area contributed by atoms with Crippen LogP contribution in [0, 0.1) is 0 Å². The van der Waals surface area contributed by atoms with E-state index in [-0.39, 0.29) is 12.4 Å². The summed E-state index contributed by atoms with van der Waals surface area (Å²) in [5.74, 6) is 0.241. The molecule has 1 fully saturated rings. The first kappa shape index (κ1) is 20.5. The van der Waals surface area contributed by atoms with Crippen LogP contribution in [0.4, 0.5) is 11.5 Å². The molecule has 0 saturated carbocycles. The summed E-state index contributed by atoms with van der Waals surface area (Å²) in [4.78, 5) is 14.3. The van der Waals surface area contributed by atoms with Gasteiger partial charge in [0.1, 0.15) is 30.2 Å². The number of anilines is 2. The lowest BCUT2D eigenvalue weighted by molar-refractivity contribution is -0.0650. The molecule has 0 spiro atoms. The number of benzene rings is 1. The van der Waals surface area contributed by atoms with Gasteiger partial charge in [0.05, 0.1) is 19.5 Å². The summed E-state index contributed by atoms with van der Waals surface area (Å²) in [6.07, 6.45) is -0.220. The summed E-state index contributed by atoms with van der Waals surface area (Å²) in [6.45, 7) is 0.640. The van der Waals surface area contributed by atoms with E-state index in [0.717, 1.165) is 17.7 Å². The monoisotopic (exact) mass is 414 g/mol. The van der Waals surface area contributed by atoms with Crippen molar-refractivity contribution in [2.45, 2.75) is 31.0 Å². The number of nitrogens with zero attached hydrogens (tertiary/aromatic N) is 5. The minimum atomic E-state index is -1.15. The summed E-state index contributed by atoms with van der Waals surface area (Å²) in [5.41, 5.74) is 8.96. The second-order valence-corrected chi connectivity index (χ2v) is 7.52. The van der Waals surface area contributed by atoms with E-state index in [2.05, 4.69) is 39.2 Å². The Labute approximate surface area is 173 Å². The van der Waals surface area contributed by atoms with Crippen LogP contribution in [0.25, 0.3) is 11.2 Å². The Morgan fingerprint density at radius 3 is 2.63 bits per heavy atom. The van der Waals surface area contributed by atoms with E-state index in [9.17, 15) is 10.2 Å². The minimum Gasteiger partial charge on any atom is -0.387 e. The Morgan fingerprint density at radius 1 is 1.13 bits per heavy atom. The van der Waals surface area contributed by atoms with Crippen molar-refractivity contribution in [1.29, 1.82) is 0 Å². The van der Waals surface area contributed by atoms with Gasteiger partial charge in [-0.05, 0) is 24.1 Å². The van der Waals surface area contributed by atoms with Crippen LogP contribution in [0.2, 0.25) is 0 Å². The second-order valence-electron chi connectivity index (χ2n) is 7.52. The van der Waals surface area contributed by atoms with Crippen LogP contribution >= 0.6 is 0 Å². The van der Waals surface area contributed by atoms with Gasteiger partial charge in [0.15, 0.2) is 17.7 Å². The van der Waals surface area contributed by atoms with Crippen LogP contribution < -0.4 is 10.6 Å². The number of fused-ring (bicyclic) bond motifs is 1. The number of aliphatic hydroxyl groups excluding tert-OH is 2. The van der Waals surface area contributed by atoms with Gasteiger partial charge in [-0.3, -0.25) is 4.57 Å². The fraction of sp³-hybridized carbons (Fsp3) is 0.450. The number of ether oxygens (including phenoxy) is 2. The molecule has 10 nitrogen and oxygen atoms in total. The normalized spacial score (nSPS) is 23.9. The summed E-state index contributed by atoms with van der Waals surface area (Å²) < 4.78 is 13.1. The van der Waals surface area contributed by atoms with Crippen LogP contribution in [0.1, 0.15) is 11.8 Å². The molecule has 0 unspecified atom stereocenters. The lowest BCUT2D eigenvalue weighted by Crippen LogP contribution is -2.34. The molecule has 1 aliphatic heterocycles. The molecular weight excluding hydrogens is 388 g/mol. The molecule has 4 atom stereocenters. The largest absolute Gasteiger partial charge is 0.387 e. The Bertz CT molecular complexity index is 993. The maximum absolute atomic E-state index is 10.5. The van der Waals surface area contributed by atoms with Crippen LogP contribution in [0.3, 0.4) is 0 Å². The molecule has 0 aliphatic carbocycles. The highest BCUT2D eigenvalue weighted by atomic mass is 16.6. The average Bonchev–Trinajstić information content (AvgIpc) is 3.28. The number of aliphatic hydroxyl groups is 2. The topological polar surface area (TPSA) is 132 Å². The van der Waals surface area contributed by atoms with Crippen LogP contribution in [-0.2, 0) is 15.9 Å². The fourth-order valence-corrected chi connectivity index (χ4v) is 3.50. The summed E-state index contributed by atoms with van der Waals surface area (Å²) in [6, 6.07) is 8.26. The van der Waals surface area contributed by atoms with E-state index >= 15 is 0 Å². The highest BCUT2D eigenvalue weighted by Gasteiger charge is 2.44. The lowest BCUT2D eigenvalue weighted by Gasteiger charge is -2.16. The van der Waals surface area contributed by atoms with Gasteiger partial charge < -0.3 is 30.3 Å². The smallest absolute Gasteiger partial charge is 0.167 e. The summed E-state index contributed by atoms with van der Waals surface area (Å²) in [5, 5.41) is 20.9. The summed E-state index contributed by atoms with van der Waals surface area (Å²) in [7, 11) is 4.00. The predicted octanol–water partition coefficient (Wildman–Crippen LogP) is 0.353. The third kappa shape index (κ3) is 3.94. The standard InChI is InChI=1S/C20H26N6O4/c1-25(2)13-5-3-12(4-6-13)7-8-29-9-14-16(27)17(28)20(30-14)26-11-24-15-18(21)22-10-23-19(15)26/h3-6,10-11,14,16-17,20,27-28H,7-9H2,1-2H3,(H2,21,22,23)/t14-,16-,17-,20-/m1/s1. The van der Waals surface area contributed by atoms with Crippen molar-refractivity contribution in [1.82, 2.24) is 19.5 Å². The molecule has 0 bridgehead atoms. The van der Waals surface area contributed by atoms with Crippen molar-refractivity contribution < 1.29 is 19.7 Å². The molecule has 3 heterocycles. The molecule has 4 N–H and O–H groups in total. The molecule has 0 amide bonds. The molecule has 2 aromatic heterocycles. The van der Waals surface area contributed by atoms with E-state index in [1.54, 1.807) is 4.57 Å². The number of hydrogen-bond donors (Lipinski definition) is 3. The molecule has 160 valence electrons. The van der Waals surface area contributed by atoms with Gasteiger partial charge in [-0.25, -0.2) is 15.0 Å². The molecule has 3 aromatic rings. The molecule has 10 heteroatoms. The van der Waals surface area contributed by atoms with Crippen molar-refractivity contribution in [2.75, 3.05) is 37.9 Å². The third-order valence-corrected chi connectivity index (χ3v) is 5.27. The first-order valence-corrected chi connectivity index (χ1v) is 9.74. The Morgan fingerprint density at radius 2 is 1.90 bits per heavy atom. The van der Waals surface area contributed by atoms with Gasteiger partial charge in [0, 0.05) is 19.8 Å². The van der Waals surface area contributed by atoms with Crippen molar-refractivity contribution in [3.63, 3.8) is 0 Å². The van der Waals surface area contributed by atoms with Gasteiger partial charge in [0.25, 0.3) is 0 Å². The molecular formula is C20H26N6O4. The molecule has 0 radical (unpaired) electrons. The number of aromatic nitrogens is 4. The maximum atomic E-state index is 10.5. The van der Waals surface area contributed by atoms with E-state index in [1.807, 2.05) is 19.0 Å². The lowest BCUT2D eigenvalue weighted by atomic mass is 10.1. The van der Waals surface area contributed by atoms with Gasteiger partial charge in [-0.15, -0.1) is 0 Å². The molecule has 1 aromatic carbocycles. The van der Waals surface area contributed by atoms with E-state index in [0.29, 0.717) is 17.8 Å². The second kappa shape index (κ2) is 8.52. The fourth-order valence-electron chi connectivity index (χ4n) is 3.50. The first-order valence-electron chi connectivity index (χ1n) is 9.74. The summed E-state index contributed by atoms with van der Waals surface area (Å²) >= 11 is 0. The SMILES string of the molecule is CN(C)c1ccc(CCOC[C@H]2O[C@@H](n3cnc4c(N)ncnc43)[C@H](O)[C@@H]2O)cc1.